The Morgan fingerprint density at radius 3 is 2.50 bits per heavy atom. The van der Waals surface area contributed by atoms with Gasteiger partial charge in [0.25, 0.3) is 0 Å². The maximum Gasteiger partial charge on any atom is 0.244 e. The van der Waals surface area contributed by atoms with Crippen LogP contribution in [0.5, 0.6) is 5.88 Å². The molecule has 1 N–H and O–H groups in total. The number of amides is 1. The molecular formula is C24H31N3O4S. The number of benzene rings is 1. The average Bonchev–Trinajstić information content (AvgIpc) is 3.31. The van der Waals surface area contributed by atoms with Crippen molar-refractivity contribution in [3.05, 3.63) is 59.8 Å². The van der Waals surface area contributed by atoms with Crippen LogP contribution in [0.25, 0.3) is 6.08 Å². The first-order valence-electron chi connectivity index (χ1n) is 11.1. The van der Waals surface area contributed by atoms with Crippen molar-refractivity contribution < 1.29 is 17.9 Å². The summed E-state index contributed by atoms with van der Waals surface area (Å²) in [7, 11) is -3.49. The van der Waals surface area contributed by atoms with Gasteiger partial charge in [0.15, 0.2) is 0 Å². The van der Waals surface area contributed by atoms with Crippen molar-refractivity contribution in [2.24, 2.45) is 0 Å². The maximum absolute atomic E-state index is 12.6. The van der Waals surface area contributed by atoms with Crippen LogP contribution in [0, 0.1) is 0 Å². The molecule has 1 aromatic carbocycles. The fraction of sp³-hybridized carbons (Fsp3) is 0.417. The Morgan fingerprint density at radius 2 is 1.84 bits per heavy atom. The first-order valence-corrected chi connectivity index (χ1v) is 12.5. The van der Waals surface area contributed by atoms with Crippen LogP contribution < -0.4 is 10.1 Å². The molecule has 172 valence electrons. The van der Waals surface area contributed by atoms with Crippen LogP contribution >= 0.6 is 0 Å². The number of carbonyl (C=O) groups is 1. The highest BCUT2D eigenvalue weighted by Crippen LogP contribution is 2.25. The van der Waals surface area contributed by atoms with Crippen LogP contribution in [-0.2, 0) is 21.4 Å². The molecule has 1 aromatic heterocycles. The van der Waals surface area contributed by atoms with E-state index in [4.69, 9.17) is 4.74 Å². The molecule has 1 heterocycles. The van der Waals surface area contributed by atoms with Crippen molar-refractivity contribution in [1.29, 1.82) is 0 Å². The average molecular weight is 458 g/mol. The largest absolute Gasteiger partial charge is 0.474 e. The molecule has 0 spiro atoms. The number of rotatable bonds is 10. The van der Waals surface area contributed by atoms with E-state index in [1.807, 2.05) is 26.0 Å². The Hall–Kier alpha value is -2.71. The lowest BCUT2D eigenvalue weighted by Crippen LogP contribution is -2.30. The summed E-state index contributed by atoms with van der Waals surface area (Å²) in [4.78, 5) is 16.8. The van der Waals surface area contributed by atoms with Crippen molar-refractivity contribution >= 4 is 22.0 Å². The van der Waals surface area contributed by atoms with Crippen molar-refractivity contribution in [1.82, 2.24) is 14.6 Å². The van der Waals surface area contributed by atoms with Crippen LogP contribution in [0.3, 0.4) is 0 Å². The van der Waals surface area contributed by atoms with Crippen LogP contribution in [0.1, 0.15) is 50.7 Å². The molecule has 0 unspecified atom stereocenters. The topological polar surface area (TPSA) is 88.6 Å². The molecule has 1 aliphatic carbocycles. The minimum Gasteiger partial charge on any atom is -0.474 e. The summed E-state index contributed by atoms with van der Waals surface area (Å²) >= 11 is 0. The third-order valence-corrected chi connectivity index (χ3v) is 7.60. The fourth-order valence-corrected chi connectivity index (χ4v) is 5.16. The van der Waals surface area contributed by atoms with Gasteiger partial charge in [0, 0.05) is 37.5 Å². The first kappa shape index (κ1) is 23.9. The van der Waals surface area contributed by atoms with Crippen LogP contribution in [0.2, 0.25) is 0 Å². The van der Waals surface area contributed by atoms with Crippen LogP contribution in [0.15, 0.2) is 53.6 Å². The number of pyridine rings is 1. The molecule has 2 aromatic rings. The second-order valence-electron chi connectivity index (χ2n) is 7.70. The third-order valence-electron chi connectivity index (χ3n) is 5.53. The molecule has 0 saturated heterocycles. The molecule has 0 aliphatic heterocycles. The quantitative estimate of drug-likeness (QED) is 0.549. The van der Waals surface area contributed by atoms with Gasteiger partial charge in [-0.3, -0.25) is 4.79 Å². The lowest BCUT2D eigenvalue weighted by atomic mass is 10.2. The predicted molar refractivity (Wildman–Crippen MR) is 125 cm³/mol. The number of aromatic nitrogens is 1. The number of hydrogen-bond donors (Lipinski definition) is 1. The Kier molecular flexibility index (Phi) is 8.41. The maximum atomic E-state index is 12.6. The van der Waals surface area contributed by atoms with Gasteiger partial charge in [-0.2, -0.15) is 4.31 Å². The van der Waals surface area contributed by atoms with Gasteiger partial charge in [-0.25, -0.2) is 13.4 Å². The molecule has 0 atom stereocenters. The standard InChI is InChI=1S/C24H31N3O4S/c1-3-27(4-2)32(29,30)22-14-11-19(12-15-22)13-16-23(28)26-18-20-8-7-17-25-24(20)31-21-9-5-6-10-21/h7-8,11-17,21H,3-6,9-10,18H2,1-2H3,(H,26,28)/b16-13+. The summed E-state index contributed by atoms with van der Waals surface area (Å²) in [5.74, 6) is 0.328. The number of hydrogen-bond acceptors (Lipinski definition) is 5. The van der Waals surface area contributed by atoms with E-state index in [0.717, 1.165) is 24.0 Å². The fourth-order valence-electron chi connectivity index (χ4n) is 3.71. The molecule has 1 amide bonds. The highest BCUT2D eigenvalue weighted by atomic mass is 32.2. The van der Waals surface area contributed by atoms with Crippen molar-refractivity contribution in [2.45, 2.75) is 57.1 Å². The zero-order valence-corrected chi connectivity index (χ0v) is 19.5. The van der Waals surface area contributed by atoms with Gasteiger partial charge in [-0.1, -0.05) is 32.0 Å². The molecule has 32 heavy (non-hydrogen) atoms. The molecule has 7 nitrogen and oxygen atoms in total. The summed E-state index contributed by atoms with van der Waals surface area (Å²) in [6.45, 7) is 4.79. The third kappa shape index (κ3) is 6.17. The van der Waals surface area contributed by atoms with Gasteiger partial charge in [-0.15, -0.1) is 0 Å². The highest BCUT2D eigenvalue weighted by Gasteiger charge is 2.21. The van der Waals surface area contributed by atoms with Crippen molar-refractivity contribution in [2.75, 3.05) is 13.1 Å². The number of nitrogens with zero attached hydrogens (tertiary/aromatic N) is 2. The minimum atomic E-state index is -3.49. The van der Waals surface area contributed by atoms with E-state index in [-0.39, 0.29) is 16.9 Å². The lowest BCUT2D eigenvalue weighted by Gasteiger charge is -2.18. The van der Waals surface area contributed by atoms with E-state index >= 15 is 0 Å². The molecule has 0 bridgehead atoms. The van der Waals surface area contributed by atoms with Gasteiger partial charge < -0.3 is 10.1 Å². The second-order valence-corrected chi connectivity index (χ2v) is 9.64. The Morgan fingerprint density at radius 1 is 1.16 bits per heavy atom. The normalized spacial score (nSPS) is 14.8. The Balaban J connectivity index is 1.57. The predicted octanol–water partition coefficient (Wildman–Crippen LogP) is 3.76. The second kappa shape index (κ2) is 11.2. The van der Waals surface area contributed by atoms with Crippen molar-refractivity contribution in [3.8, 4) is 5.88 Å². The summed E-state index contributed by atoms with van der Waals surface area (Å²) in [6.07, 6.45) is 9.42. The molecule has 1 aliphatic rings. The van der Waals surface area contributed by atoms with Gasteiger partial charge in [0.2, 0.25) is 21.8 Å². The SMILES string of the molecule is CCN(CC)S(=O)(=O)c1ccc(/C=C/C(=O)NCc2cccnc2OC2CCCC2)cc1. The minimum absolute atomic E-state index is 0.202. The van der Waals surface area contributed by atoms with Crippen LogP contribution in [-0.4, -0.2) is 42.8 Å². The Bertz CT molecular complexity index is 1030. The zero-order valence-electron chi connectivity index (χ0n) is 18.7. The van der Waals surface area contributed by atoms with Gasteiger partial charge in [0.05, 0.1) is 4.90 Å². The first-order chi connectivity index (χ1) is 15.4. The lowest BCUT2D eigenvalue weighted by molar-refractivity contribution is -0.116. The molecule has 8 heteroatoms. The van der Waals surface area contributed by atoms with Crippen LogP contribution in [0.4, 0.5) is 0 Å². The summed E-state index contributed by atoms with van der Waals surface area (Å²) in [6, 6.07) is 10.2. The number of sulfonamides is 1. The van der Waals surface area contributed by atoms with E-state index in [1.165, 1.54) is 23.2 Å². The number of nitrogens with one attached hydrogen (secondary N) is 1. The van der Waals surface area contributed by atoms with Gasteiger partial charge >= 0.3 is 0 Å². The molecule has 1 fully saturated rings. The Labute approximate surface area is 190 Å². The summed E-state index contributed by atoms with van der Waals surface area (Å²) < 4.78 is 32.5. The highest BCUT2D eigenvalue weighted by molar-refractivity contribution is 7.89. The number of ether oxygens (including phenoxy) is 1. The molecule has 1 saturated carbocycles. The van der Waals surface area contributed by atoms with E-state index < -0.39 is 10.0 Å². The molecule has 0 radical (unpaired) electrons. The number of carbonyl (C=O) groups excluding carboxylic acids is 1. The molecular weight excluding hydrogens is 426 g/mol. The zero-order chi connectivity index (χ0) is 23.0. The smallest absolute Gasteiger partial charge is 0.244 e. The summed E-state index contributed by atoms with van der Waals surface area (Å²) in [5.41, 5.74) is 1.58. The van der Waals surface area contributed by atoms with Gasteiger partial charge in [0.1, 0.15) is 6.10 Å². The molecule has 3 rings (SSSR count). The van der Waals surface area contributed by atoms with Crippen molar-refractivity contribution in [3.63, 3.8) is 0 Å². The monoisotopic (exact) mass is 457 g/mol. The van der Waals surface area contributed by atoms with E-state index in [2.05, 4.69) is 10.3 Å². The summed E-state index contributed by atoms with van der Waals surface area (Å²) in [5, 5.41) is 2.85. The van der Waals surface area contributed by atoms with E-state index in [9.17, 15) is 13.2 Å². The van der Waals surface area contributed by atoms with Gasteiger partial charge in [-0.05, 0) is 55.5 Å². The van der Waals surface area contributed by atoms with E-state index in [0.29, 0.717) is 25.5 Å². The van der Waals surface area contributed by atoms with E-state index in [1.54, 1.807) is 36.5 Å².